The zero-order chi connectivity index (χ0) is 44.9. The van der Waals surface area contributed by atoms with Crippen LogP contribution in [0.3, 0.4) is 0 Å². The molecule has 7 heteroatoms. The van der Waals surface area contributed by atoms with Crippen LogP contribution in [0.1, 0.15) is 279 Å². The van der Waals surface area contributed by atoms with E-state index in [0.29, 0.717) is 13.0 Å². The first-order valence-corrected chi connectivity index (χ1v) is 27.1. The fourth-order valence-electron chi connectivity index (χ4n) is 9.29. The van der Waals surface area contributed by atoms with E-state index >= 15 is 0 Å². The molecular weight excluding hydrogens is 759 g/mol. The summed E-state index contributed by atoms with van der Waals surface area (Å²) in [7, 11) is 2.20. The van der Waals surface area contributed by atoms with Crippen molar-refractivity contribution in [3.63, 3.8) is 0 Å². The predicted octanol–water partition coefficient (Wildman–Crippen LogP) is 16.4. The number of ether oxygens (including phenoxy) is 3. The Bertz CT molecular complexity index is 898. The number of carboxylic acid groups (broad SMARTS) is 1. The monoisotopic (exact) mass is 866 g/mol. The van der Waals surface area contributed by atoms with E-state index in [1.54, 1.807) is 0 Å². The highest BCUT2D eigenvalue weighted by atomic mass is 16.7. The predicted molar refractivity (Wildman–Crippen MR) is 262 cm³/mol. The third kappa shape index (κ3) is 37.9. The van der Waals surface area contributed by atoms with Crippen molar-refractivity contribution in [2.45, 2.75) is 291 Å². The molecule has 0 aromatic rings. The van der Waals surface area contributed by atoms with Gasteiger partial charge in [0.15, 0.2) is 5.79 Å². The Morgan fingerprint density at radius 1 is 0.607 bits per heavy atom. The lowest BCUT2D eigenvalue weighted by molar-refractivity contribution is -0.180. The molecule has 2 unspecified atom stereocenters. The van der Waals surface area contributed by atoms with Crippen LogP contribution in [-0.4, -0.2) is 67.7 Å². The lowest BCUT2D eigenvalue weighted by Crippen LogP contribution is -2.32. The Hall–Kier alpha value is -1.18. The summed E-state index contributed by atoms with van der Waals surface area (Å²) in [5.41, 5.74) is 0. The van der Waals surface area contributed by atoms with Crippen LogP contribution in [0.25, 0.3) is 0 Å². The van der Waals surface area contributed by atoms with Crippen LogP contribution in [0.4, 0.5) is 0 Å². The van der Waals surface area contributed by atoms with Crippen LogP contribution >= 0.6 is 0 Å². The van der Waals surface area contributed by atoms with Crippen molar-refractivity contribution in [3.8, 4) is 0 Å². The molecule has 7 nitrogen and oxygen atoms in total. The second-order valence-corrected chi connectivity index (χ2v) is 19.2. The first kappa shape index (κ1) is 59.8. The van der Waals surface area contributed by atoms with Gasteiger partial charge in [-0.1, -0.05) is 227 Å². The van der Waals surface area contributed by atoms with Crippen LogP contribution in [0.5, 0.6) is 0 Å². The van der Waals surface area contributed by atoms with E-state index in [4.69, 9.17) is 24.1 Å². The summed E-state index contributed by atoms with van der Waals surface area (Å²) in [4.78, 5) is 23.1. The summed E-state index contributed by atoms with van der Waals surface area (Å²) in [6.07, 6.45) is 49.1. The Balaban J connectivity index is 0.0000116. The Kier molecular flexibility index (Phi) is 44.5. The van der Waals surface area contributed by atoms with Crippen LogP contribution in [0, 0.1) is 11.8 Å². The molecule has 364 valence electrons. The van der Waals surface area contributed by atoms with Crippen molar-refractivity contribution in [2.75, 3.05) is 33.4 Å². The highest BCUT2D eigenvalue weighted by Crippen LogP contribution is 2.36. The molecule has 61 heavy (non-hydrogen) atoms. The summed E-state index contributed by atoms with van der Waals surface area (Å²) in [5, 5.41) is 6.89. The number of carbonyl (C=O) groups is 2. The molecule has 1 N–H and O–H groups in total. The zero-order valence-electron chi connectivity index (χ0n) is 41.9. The molecule has 1 saturated heterocycles. The van der Waals surface area contributed by atoms with Crippen LogP contribution in [0.15, 0.2) is 0 Å². The van der Waals surface area contributed by atoms with Gasteiger partial charge in [-0.25, -0.2) is 0 Å². The maximum absolute atomic E-state index is 12.4. The van der Waals surface area contributed by atoms with Crippen molar-refractivity contribution in [2.24, 2.45) is 11.8 Å². The van der Waals surface area contributed by atoms with Crippen LogP contribution in [0.2, 0.25) is 0 Å². The largest absolute Gasteiger partial charge is 0.483 e. The highest BCUT2D eigenvalue weighted by Gasteiger charge is 2.40. The van der Waals surface area contributed by atoms with E-state index in [1.807, 2.05) is 0 Å². The Morgan fingerprint density at radius 3 is 1.41 bits per heavy atom. The minimum absolute atomic E-state index is 0.0162. The van der Waals surface area contributed by atoms with Gasteiger partial charge in [-0.15, -0.1) is 0 Å². The average molecular weight is 866 g/mol. The second kappa shape index (κ2) is 45.4. The molecule has 0 aromatic heterocycles. The van der Waals surface area contributed by atoms with Gasteiger partial charge >= 0.3 is 5.97 Å². The SMILES string of the molecule is CCCCCC(CCCCC)CCCCCCCCCCCC1(CCCCCCCCCC(=O)OCCC(CCCCC)CCCCC)OCC(CCN(C)CC)O1.O=CO. The van der Waals surface area contributed by atoms with Gasteiger partial charge in [0.2, 0.25) is 0 Å². The third-order valence-electron chi connectivity index (χ3n) is 13.5. The van der Waals surface area contributed by atoms with Gasteiger partial charge < -0.3 is 24.2 Å². The summed E-state index contributed by atoms with van der Waals surface area (Å²) in [6, 6.07) is 0. The van der Waals surface area contributed by atoms with Crippen molar-refractivity contribution in [1.29, 1.82) is 0 Å². The van der Waals surface area contributed by atoms with Gasteiger partial charge in [0, 0.05) is 25.8 Å². The van der Waals surface area contributed by atoms with Gasteiger partial charge in [0.1, 0.15) is 0 Å². The number of rotatable bonds is 45. The third-order valence-corrected chi connectivity index (χ3v) is 13.5. The number of unbranched alkanes of at least 4 members (excludes halogenated alkanes) is 22. The van der Waals surface area contributed by atoms with Crippen molar-refractivity contribution in [3.05, 3.63) is 0 Å². The van der Waals surface area contributed by atoms with Gasteiger partial charge in [0.05, 0.1) is 19.3 Å². The first-order valence-electron chi connectivity index (χ1n) is 27.1. The lowest BCUT2D eigenvalue weighted by atomic mass is 9.90. The van der Waals surface area contributed by atoms with Crippen LogP contribution in [-0.2, 0) is 23.8 Å². The normalized spacial score (nSPS) is 16.4. The molecule has 2 atom stereocenters. The molecule has 0 aliphatic carbocycles. The fourth-order valence-corrected chi connectivity index (χ4v) is 9.29. The summed E-state index contributed by atoms with van der Waals surface area (Å²) in [6.45, 7) is 14.7. The minimum atomic E-state index is -0.355. The summed E-state index contributed by atoms with van der Waals surface area (Å²) >= 11 is 0. The second-order valence-electron chi connectivity index (χ2n) is 19.2. The topological polar surface area (TPSA) is 85.3 Å². The van der Waals surface area contributed by atoms with Gasteiger partial charge in [-0.3, -0.25) is 9.59 Å². The molecule has 1 aliphatic heterocycles. The van der Waals surface area contributed by atoms with E-state index in [0.717, 1.165) is 70.1 Å². The molecule has 0 bridgehead atoms. The standard InChI is InChI=1S/C53H105NO4.CH2O2/c1-7-12-28-36-49(37-29-13-8-2)40-32-24-20-17-16-18-22-26-34-44-53(57-48-51(58-53)42-46-54(6)11-5)45-35-27-23-19-21-25-33-41-52(55)56-47-43-50(38-30-14-9-3)39-31-15-10-4;2-1-3/h49-51H,7-48H2,1-6H3;1H,(H,2,3). The first-order chi connectivity index (χ1) is 29.8. The number of hydrogen-bond acceptors (Lipinski definition) is 6. The van der Waals surface area contributed by atoms with E-state index in [2.05, 4.69) is 46.6 Å². The van der Waals surface area contributed by atoms with E-state index in [9.17, 15) is 4.79 Å². The Morgan fingerprint density at radius 2 is 0.984 bits per heavy atom. The molecular formula is C54H107NO6. The number of esters is 1. The van der Waals surface area contributed by atoms with Crippen molar-refractivity contribution < 1.29 is 28.9 Å². The quantitative estimate of drug-likeness (QED) is 0.0371. The van der Waals surface area contributed by atoms with Gasteiger partial charge in [0.25, 0.3) is 6.47 Å². The molecule has 1 fully saturated rings. The summed E-state index contributed by atoms with van der Waals surface area (Å²) in [5.74, 6) is 1.38. The van der Waals surface area contributed by atoms with E-state index in [1.165, 1.54) is 199 Å². The van der Waals surface area contributed by atoms with Gasteiger partial charge in [-0.2, -0.15) is 0 Å². The molecule has 0 saturated carbocycles. The maximum atomic E-state index is 12.4. The molecule has 0 radical (unpaired) electrons. The van der Waals surface area contributed by atoms with E-state index in [-0.39, 0.29) is 24.3 Å². The molecule has 1 heterocycles. The molecule has 0 aromatic carbocycles. The highest BCUT2D eigenvalue weighted by molar-refractivity contribution is 5.69. The molecule has 1 rings (SSSR count). The lowest BCUT2D eigenvalue weighted by Gasteiger charge is -2.29. The number of nitrogens with zero attached hydrogens (tertiary/aromatic N) is 1. The zero-order valence-corrected chi connectivity index (χ0v) is 41.9. The fraction of sp³-hybridized carbons (Fsp3) is 0.963. The van der Waals surface area contributed by atoms with Crippen molar-refractivity contribution >= 4 is 12.4 Å². The molecule has 0 amide bonds. The number of hydrogen-bond donors (Lipinski definition) is 1. The molecule has 1 aliphatic rings. The smallest absolute Gasteiger partial charge is 0.305 e. The number of carbonyl (C=O) groups excluding carboxylic acids is 1. The molecule has 0 spiro atoms. The van der Waals surface area contributed by atoms with Crippen molar-refractivity contribution in [1.82, 2.24) is 4.90 Å². The average Bonchev–Trinajstić information content (AvgIpc) is 3.67. The van der Waals surface area contributed by atoms with Gasteiger partial charge in [-0.05, 0) is 57.5 Å². The van der Waals surface area contributed by atoms with Crippen LogP contribution < -0.4 is 0 Å². The van der Waals surface area contributed by atoms with E-state index < -0.39 is 0 Å². The Labute approximate surface area is 380 Å². The summed E-state index contributed by atoms with van der Waals surface area (Å²) < 4.78 is 19.0. The minimum Gasteiger partial charge on any atom is -0.483 e. The maximum Gasteiger partial charge on any atom is 0.305 e.